The van der Waals surface area contributed by atoms with Gasteiger partial charge in [0.15, 0.2) is 6.73 Å². The first-order chi connectivity index (χ1) is 12.3. The van der Waals surface area contributed by atoms with Gasteiger partial charge in [-0.15, -0.1) is 0 Å². The molecule has 0 bridgehead atoms. The van der Waals surface area contributed by atoms with Gasteiger partial charge in [-0.25, -0.2) is 4.79 Å². The quantitative estimate of drug-likeness (QED) is 0.441. The van der Waals surface area contributed by atoms with Crippen molar-refractivity contribution in [2.75, 3.05) is 12.0 Å². The van der Waals surface area contributed by atoms with Crippen LogP contribution in [0.4, 0.5) is 10.5 Å². The van der Waals surface area contributed by atoms with Gasteiger partial charge < -0.3 is 15.4 Å². The second kappa shape index (κ2) is 8.63. The van der Waals surface area contributed by atoms with Crippen LogP contribution in [-0.4, -0.2) is 12.8 Å². The van der Waals surface area contributed by atoms with Crippen molar-refractivity contribution in [1.82, 2.24) is 5.32 Å². The fourth-order valence-electron chi connectivity index (χ4n) is 2.37. The maximum atomic E-state index is 12.0. The molecule has 0 heterocycles. The molecule has 0 aliphatic heterocycles. The molecule has 2 amide bonds. The molecule has 26 heavy (non-hydrogen) atoms. The number of benzene rings is 2. The number of nitrogens with zero attached hydrogens (tertiary/aromatic N) is 1. The molecule has 0 unspecified atom stereocenters. The number of carbonyl (C=O) groups is 1. The largest absolute Gasteiger partial charge is 0.473 e. The number of amides is 2. The Hall–Kier alpha value is -2.65. The van der Waals surface area contributed by atoms with Crippen molar-refractivity contribution in [1.29, 1.82) is 5.26 Å². The molecule has 2 aromatic rings. The Morgan fingerprint density at radius 1 is 1.19 bits per heavy atom. The van der Waals surface area contributed by atoms with Gasteiger partial charge in [-0.1, -0.05) is 38.5 Å². The van der Waals surface area contributed by atoms with Crippen molar-refractivity contribution < 1.29 is 9.53 Å². The molecule has 0 saturated carbocycles. The first kappa shape index (κ1) is 19.7. The summed E-state index contributed by atoms with van der Waals surface area (Å²) in [6, 6.07) is 12.7. The summed E-state index contributed by atoms with van der Waals surface area (Å²) in [5.74, 6) is 0.765. The first-order valence-electron chi connectivity index (χ1n) is 8.24. The van der Waals surface area contributed by atoms with Gasteiger partial charge in [0.25, 0.3) is 0 Å². The first-order valence-corrected chi connectivity index (χ1v) is 9.06. The highest BCUT2D eigenvalue weighted by molar-refractivity contribution is 8.03. The van der Waals surface area contributed by atoms with Gasteiger partial charge >= 0.3 is 6.03 Å². The average Bonchev–Trinajstić information content (AvgIpc) is 2.57. The fraction of sp³-hybridized carbons (Fsp3) is 0.300. The minimum absolute atomic E-state index is 0.0488. The highest BCUT2D eigenvalue weighted by Gasteiger charge is 2.19. The van der Waals surface area contributed by atoms with Crippen LogP contribution in [0, 0.1) is 17.6 Å². The smallest absolute Gasteiger partial charge is 0.321 e. The summed E-state index contributed by atoms with van der Waals surface area (Å²) in [7, 11) is 0. The highest BCUT2D eigenvalue weighted by atomic mass is 32.2. The van der Waals surface area contributed by atoms with Crippen LogP contribution in [0.2, 0.25) is 0 Å². The van der Waals surface area contributed by atoms with Crippen LogP contribution in [0.15, 0.2) is 47.4 Å². The van der Waals surface area contributed by atoms with Crippen LogP contribution < -0.4 is 15.4 Å². The average molecular weight is 369 g/mol. The van der Waals surface area contributed by atoms with Crippen LogP contribution in [0.3, 0.4) is 0 Å². The van der Waals surface area contributed by atoms with E-state index in [0.29, 0.717) is 5.69 Å². The maximum absolute atomic E-state index is 12.0. The molecule has 0 radical (unpaired) electrons. The van der Waals surface area contributed by atoms with Gasteiger partial charge in [-0.3, -0.25) is 0 Å². The molecule has 0 saturated heterocycles. The number of thiocyanates is 1. The Bertz CT molecular complexity index is 805. The van der Waals surface area contributed by atoms with E-state index in [9.17, 15) is 4.79 Å². The number of rotatable bonds is 5. The standard InChI is InChI=1S/C20H23N3O2S/c1-14-5-10-18(17(11-14)20(2,3)4)25-13-22-19(24)23-15-6-8-16(9-7-15)26-12-21/h5-11H,13H2,1-4H3,(H2,22,23,24). The number of anilines is 1. The molecule has 2 aromatic carbocycles. The molecular weight excluding hydrogens is 346 g/mol. The van der Waals surface area contributed by atoms with E-state index in [-0.39, 0.29) is 18.2 Å². The van der Waals surface area contributed by atoms with E-state index in [4.69, 9.17) is 10.00 Å². The second-order valence-corrected chi connectivity index (χ2v) is 7.75. The van der Waals surface area contributed by atoms with Crippen LogP contribution >= 0.6 is 11.8 Å². The van der Waals surface area contributed by atoms with Crippen molar-refractivity contribution in [3.8, 4) is 11.2 Å². The highest BCUT2D eigenvalue weighted by Crippen LogP contribution is 2.32. The van der Waals surface area contributed by atoms with Gasteiger partial charge in [0.2, 0.25) is 0 Å². The summed E-state index contributed by atoms with van der Waals surface area (Å²) < 4.78 is 5.77. The van der Waals surface area contributed by atoms with E-state index in [1.54, 1.807) is 24.3 Å². The zero-order chi connectivity index (χ0) is 19.2. The molecule has 0 aromatic heterocycles. The molecule has 0 atom stereocenters. The van der Waals surface area contributed by atoms with Gasteiger partial charge in [0, 0.05) is 10.6 Å². The third kappa shape index (κ3) is 5.71. The monoisotopic (exact) mass is 369 g/mol. The van der Waals surface area contributed by atoms with Crippen molar-refractivity contribution in [3.63, 3.8) is 0 Å². The van der Waals surface area contributed by atoms with Gasteiger partial charge in [-0.05, 0) is 60.0 Å². The van der Waals surface area contributed by atoms with Crippen molar-refractivity contribution in [3.05, 3.63) is 53.6 Å². The Morgan fingerprint density at radius 3 is 2.50 bits per heavy atom. The molecule has 2 N–H and O–H groups in total. The minimum atomic E-state index is -0.352. The molecule has 6 heteroatoms. The zero-order valence-corrected chi connectivity index (χ0v) is 16.2. The summed E-state index contributed by atoms with van der Waals surface area (Å²) in [4.78, 5) is 12.8. The minimum Gasteiger partial charge on any atom is -0.473 e. The number of hydrogen-bond donors (Lipinski definition) is 2. The normalized spacial score (nSPS) is 10.7. The van der Waals surface area contributed by atoms with E-state index >= 15 is 0 Å². The summed E-state index contributed by atoms with van der Waals surface area (Å²) in [6.45, 7) is 8.50. The van der Waals surface area contributed by atoms with Crippen LogP contribution in [-0.2, 0) is 5.41 Å². The third-order valence-corrected chi connectivity index (χ3v) is 4.28. The van der Waals surface area contributed by atoms with Crippen molar-refractivity contribution >= 4 is 23.5 Å². The number of aryl methyl sites for hydroxylation is 1. The fourth-order valence-corrected chi connectivity index (χ4v) is 2.75. The van der Waals surface area contributed by atoms with Gasteiger partial charge in [0.05, 0.1) is 0 Å². The topological polar surface area (TPSA) is 74.2 Å². The number of nitrogens with one attached hydrogen (secondary N) is 2. The maximum Gasteiger partial charge on any atom is 0.321 e. The van der Waals surface area contributed by atoms with Crippen molar-refractivity contribution in [2.45, 2.75) is 38.0 Å². The lowest BCUT2D eigenvalue weighted by atomic mass is 9.85. The molecule has 5 nitrogen and oxygen atoms in total. The van der Waals surface area contributed by atoms with E-state index in [1.807, 2.05) is 24.5 Å². The molecule has 136 valence electrons. The van der Waals surface area contributed by atoms with Crippen LogP contribution in [0.5, 0.6) is 5.75 Å². The lowest BCUT2D eigenvalue weighted by Crippen LogP contribution is -2.32. The van der Waals surface area contributed by atoms with E-state index in [0.717, 1.165) is 28.0 Å². The molecule has 0 aliphatic carbocycles. The number of hydrogen-bond acceptors (Lipinski definition) is 4. The van der Waals surface area contributed by atoms with Gasteiger partial charge in [0.1, 0.15) is 11.2 Å². The van der Waals surface area contributed by atoms with E-state index in [2.05, 4.69) is 37.5 Å². The van der Waals surface area contributed by atoms with Crippen molar-refractivity contribution in [2.24, 2.45) is 0 Å². The summed E-state index contributed by atoms with van der Waals surface area (Å²) in [6.07, 6.45) is 0. The zero-order valence-electron chi connectivity index (χ0n) is 15.4. The molecule has 0 spiro atoms. The number of carbonyl (C=O) groups excluding carboxylic acids is 1. The molecular formula is C20H23N3O2S. The van der Waals surface area contributed by atoms with Gasteiger partial charge in [-0.2, -0.15) is 5.26 Å². The number of urea groups is 1. The summed E-state index contributed by atoms with van der Waals surface area (Å²) >= 11 is 1.08. The second-order valence-electron chi connectivity index (χ2n) is 6.89. The van der Waals surface area contributed by atoms with E-state index < -0.39 is 0 Å². The predicted molar refractivity (Wildman–Crippen MR) is 105 cm³/mol. The molecule has 2 rings (SSSR count). The summed E-state index contributed by atoms with van der Waals surface area (Å²) in [5.41, 5.74) is 2.87. The van der Waals surface area contributed by atoms with Crippen LogP contribution in [0.25, 0.3) is 0 Å². The van der Waals surface area contributed by atoms with E-state index in [1.165, 1.54) is 5.56 Å². The Labute approximate surface area is 158 Å². The molecule has 0 fully saturated rings. The number of thioether (sulfide) groups is 1. The Morgan fingerprint density at radius 2 is 1.88 bits per heavy atom. The molecule has 0 aliphatic rings. The third-order valence-electron chi connectivity index (χ3n) is 3.68. The lowest BCUT2D eigenvalue weighted by molar-refractivity contribution is 0.233. The Kier molecular flexibility index (Phi) is 6.53. The summed E-state index contributed by atoms with van der Waals surface area (Å²) in [5, 5.41) is 16.0. The van der Waals surface area contributed by atoms with Crippen LogP contribution in [0.1, 0.15) is 31.9 Å². The predicted octanol–water partition coefficient (Wildman–Crippen LogP) is 5.02. The lowest BCUT2D eigenvalue weighted by Gasteiger charge is -2.23. The number of ether oxygens (including phenoxy) is 1. The number of nitriles is 1. The SMILES string of the molecule is Cc1ccc(OCNC(=O)Nc2ccc(SC#N)cc2)c(C(C)(C)C)c1. The Balaban J connectivity index is 1.90.